The summed E-state index contributed by atoms with van der Waals surface area (Å²) >= 11 is 0. The molecular formula is C14H23N3O. The summed E-state index contributed by atoms with van der Waals surface area (Å²) in [6.45, 7) is 5.42. The zero-order valence-electron chi connectivity index (χ0n) is 11.2. The molecule has 1 saturated carbocycles. The van der Waals surface area contributed by atoms with E-state index in [1.807, 2.05) is 23.0 Å². The number of amides is 1. The Labute approximate surface area is 109 Å². The molecule has 0 spiro atoms. The van der Waals surface area contributed by atoms with E-state index >= 15 is 0 Å². The molecule has 1 fully saturated rings. The number of hydrogen-bond acceptors (Lipinski definition) is 2. The molecule has 1 aromatic heterocycles. The third-order valence-corrected chi connectivity index (χ3v) is 3.49. The second-order valence-corrected chi connectivity index (χ2v) is 5.63. The van der Waals surface area contributed by atoms with Crippen molar-refractivity contribution in [2.75, 3.05) is 6.54 Å². The normalized spacial score (nSPS) is 16.9. The number of nitrogens with two attached hydrogens (primary N) is 1. The van der Waals surface area contributed by atoms with Gasteiger partial charge in [-0.25, -0.2) is 0 Å². The standard InChI is InChI=1S/C14H23N3O/c1-10(2)14(15)12-5-6-17(8-12)9-13(18)16-7-11-3-4-11/h5-6,8,10-11,14H,3-4,7,9,15H2,1-2H3,(H,16,18). The van der Waals surface area contributed by atoms with E-state index in [-0.39, 0.29) is 11.9 Å². The van der Waals surface area contributed by atoms with Crippen LogP contribution in [0, 0.1) is 11.8 Å². The van der Waals surface area contributed by atoms with Crippen molar-refractivity contribution in [2.24, 2.45) is 17.6 Å². The van der Waals surface area contributed by atoms with Crippen LogP contribution in [0.4, 0.5) is 0 Å². The quantitative estimate of drug-likeness (QED) is 0.805. The van der Waals surface area contributed by atoms with Crippen LogP contribution in [0.5, 0.6) is 0 Å². The number of nitrogens with one attached hydrogen (secondary N) is 1. The van der Waals surface area contributed by atoms with Crippen LogP contribution in [0.25, 0.3) is 0 Å². The van der Waals surface area contributed by atoms with E-state index in [9.17, 15) is 4.79 Å². The van der Waals surface area contributed by atoms with Gasteiger partial charge in [-0.15, -0.1) is 0 Å². The summed E-state index contributed by atoms with van der Waals surface area (Å²) in [4.78, 5) is 11.7. The molecule has 4 nitrogen and oxygen atoms in total. The van der Waals surface area contributed by atoms with Crippen molar-refractivity contribution in [1.29, 1.82) is 0 Å². The van der Waals surface area contributed by atoms with Gasteiger partial charge in [0.05, 0.1) is 0 Å². The topological polar surface area (TPSA) is 60.0 Å². The average Bonchev–Trinajstić information content (AvgIpc) is 3.05. The van der Waals surface area contributed by atoms with Crippen LogP contribution in [0.15, 0.2) is 18.5 Å². The molecule has 1 aliphatic carbocycles. The molecule has 1 atom stereocenters. The van der Waals surface area contributed by atoms with Gasteiger partial charge in [0.25, 0.3) is 0 Å². The van der Waals surface area contributed by atoms with Gasteiger partial charge in [-0.05, 0) is 36.3 Å². The Morgan fingerprint density at radius 2 is 2.28 bits per heavy atom. The highest BCUT2D eigenvalue weighted by Crippen LogP contribution is 2.27. The monoisotopic (exact) mass is 249 g/mol. The van der Waals surface area contributed by atoms with E-state index in [2.05, 4.69) is 19.2 Å². The number of carbonyl (C=O) groups is 1. The molecule has 0 bridgehead atoms. The summed E-state index contributed by atoms with van der Waals surface area (Å²) in [6, 6.07) is 2.04. The van der Waals surface area contributed by atoms with E-state index in [0.29, 0.717) is 12.5 Å². The molecule has 0 aliphatic heterocycles. The Kier molecular flexibility index (Phi) is 4.07. The second-order valence-electron chi connectivity index (χ2n) is 5.63. The summed E-state index contributed by atoms with van der Waals surface area (Å²) in [5.41, 5.74) is 7.17. The first-order chi connectivity index (χ1) is 8.56. The molecule has 1 unspecified atom stereocenters. The van der Waals surface area contributed by atoms with Crippen LogP contribution in [0.2, 0.25) is 0 Å². The SMILES string of the molecule is CC(C)C(N)c1ccn(CC(=O)NCC2CC2)c1. The third-order valence-electron chi connectivity index (χ3n) is 3.49. The zero-order valence-corrected chi connectivity index (χ0v) is 11.2. The predicted octanol–water partition coefficient (Wildman–Crippen LogP) is 1.67. The van der Waals surface area contributed by atoms with Gasteiger partial charge >= 0.3 is 0 Å². The molecular weight excluding hydrogens is 226 g/mol. The van der Waals surface area contributed by atoms with Crippen molar-refractivity contribution in [3.63, 3.8) is 0 Å². The first kappa shape index (κ1) is 13.1. The van der Waals surface area contributed by atoms with Gasteiger partial charge in [0, 0.05) is 25.0 Å². The summed E-state index contributed by atoms with van der Waals surface area (Å²) in [6.07, 6.45) is 6.42. The zero-order chi connectivity index (χ0) is 13.1. The first-order valence-corrected chi connectivity index (χ1v) is 6.74. The lowest BCUT2D eigenvalue weighted by molar-refractivity contribution is -0.121. The lowest BCUT2D eigenvalue weighted by Gasteiger charge is -2.13. The summed E-state index contributed by atoms with van der Waals surface area (Å²) in [5, 5.41) is 2.96. The van der Waals surface area contributed by atoms with Crippen molar-refractivity contribution in [3.8, 4) is 0 Å². The summed E-state index contributed by atoms with van der Waals surface area (Å²) < 4.78 is 1.90. The van der Waals surface area contributed by atoms with Crippen LogP contribution < -0.4 is 11.1 Å². The third kappa shape index (κ3) is 3.60. The first-order valence-electron chi connectivity index (χ1n) is 6.74. The highest BCUT2D eigenvalue weighted by atomic mass is 16.1. The van der Waals surface area contributed by atoms with Gasteiger partial charge in [0.1, 0.15) is 6.54 Å². The molecule has 100 valence electrons. The molecule has 0 radical (unpaired) electrons. The number of carbonyl (C=O) groups excluding carboxylic acids is 1. The van der Waals surface area contributed by atoms with Crippen LogP contribution in [-0.2, 0) is 11.3 Å². The average molecular weight is 249 g/mol. The highest BCUT2D eigenvalue weighted by molar-refractivity contribution is 5.75. The maximum atomic E-state index is 11.7. The molecule has 3 N–H and O–H groups in total. The van der Waals surface area contributed by atoms with E-state index in [0.717, 1.165) is 18.0 Å². The number of rotatable bonds is 6. The van der Waals surface area contributed by atoms with Crippen LogP contribution in [-0.4, -0.2) is 17.0 Å². The Morgan fingerprint density at radius 1 is 1.56 bits per heavy atom. The van der Waals surface area contributed by atoms with E-state index in [4.69, 9.17) is 5.73 Å². The fourth-order valence-electron chi connectivity index (χ4n) is 1.94. The lowest BCUT2D eigenvalue weighted by Crippen LogP contribution is -2.28. The van der Waals surface area contributed by atoms with Crippen molar-refractivity contribution in [1.82, 2.24) is 9.88 Å². The van der Waals surface area contributed by atoms with Gasteiger partial charge in [0.15, 0.2) is 0 Å². The molecule has 1 heterocycles. The van der Waals surface area contributed by atoms with Crippen LogP contribution in [0.1, 0.15) is 38.3 Å². The summed E-state index contributed by atoms with van der Waals surface area (Å²) in [7, 11) is 0. The van der Waals surface area contributed by atoms with Crippen molar-refractivity contribution in [3.05, 3.63) is 24.0 Å². The molecule has 1 aromatic rings. The Hall–Kier alpha value is -1.29. The van der Waals surface area contributed by atoms with E-state index < -0.39 is 0 Å². The van der Waals surface area contributed by atoms with Gasteiger partial charge in [-0.3, -0.25) is 4.79 Å². The van der Waals surface area contributed by atoms with Gasteiger partial charge in [-0.1, -0.05) is 13.8 Å². The Bertz CT molecular complexity index is 407. The maximum Gasteiger partial charge on any atom is 0.239 e. The predicted molar refractivity (Wildman–Crippen MR) is 71.9 cm³/mol. The minimum atomic E-state index is 0.0424. The molecule has 1 amide bonds. The summed E-state index contributed by atoms with van der Waals surface area (Å²) in [5.74, 6) is 1.22. The van der Waals surface area contributed by atoms with Crippen LogP contribution >= 0.6 is 0 Å². The van der Waals surface area contributed by atoms with E-state index in [1.165, 1.54) is 12.8 Å². The van der Waals surface area contributed by atoms with Gasteiger partial charge in [-0.2, -0.15) is 0 Å². The van der Waals surface area contributed by atoms with Crippen molar-refractivity contribution < 1.29 is 4.79 Å². The molecule has 0 aromatic carbocycles. The number of aromatic nitrogens is 1. The smallest absolute Gasteiger partial charge is 0.239 e. The lowest BCUT2D eigenvalue weighted by atomic mass is 10.00. The molecule has 4 heteroatoms. The van der Waals surface area contributed by atoms with Gasteiger partial charge < -0.3 is 15.6 Å². The minimum absolute atomic E-state index is 0.0424. The van der Waals surface area contributed by atoms with E-state index in [1.54, 1.807) is 0 Å². The fourth-order valence-corrected chi connectivity index (χ4v) is 1.94. The van der Waals surface area contributed by atoms with Crippen molar-refractivity contribution in [2.45, 2.75) is 39.3 Å². The minimum Gasteiger partial charge on any atom is -0.354 e. The molecule has 0 saturated heterocycles. The second kappa shape index (κ2) is 5.57. The Balaban J connectivity index is 1.83. The van der Waals surface area contributed by atoms with Crippen molar-refractivity contribution >= 4 is 5.91 Å². The maximum absolute atomic E-state index is 11.7. The number of nitrogens with zero attached hydrogens (tertiary/aromatic N) is 1. The Morgan fingerprint density at radius 3 is 2.89 bits per heavy atom. The van der Waals surface area contributed by atoms with Gasteiger partial charge in [0.2, 0.25) is 5.91 Å². The molecule has 18 heavy (non-hydrogen) atoms. The molecule has 1 aliphatic rings. The largest absolute Gasteiger partial charge is 0.354 e. The van der Waals surface area contributed by atoms with Crippen LogP contribution in [0.3, 0.4) is 0 Å². The number of hydrogen-bond donors (Lipinski definition) is 2. The fraction of sp³-hybridized carbons (Fsp3) is 0.643. The highest BCUT2D eigenvalue weighted by Gasteiger charge is 2.21. The molecule has 2 rings (SSSR count).